The van der Waals surface area contributed by atoms with Gasteiger partial charge in [-0.05, 0) is 49.4 Å². The molecule has 0 spiro atoms. The molecular weight excluding hydrogens is 310 g/mol. The zero-order valence-electron chi connectivity index (χ0n) is 15.9. The number of ketones is 1. The molecule has 0 saturated carbocycles. The van der Waals surface area contributed by atoms with Gasteiger partial charge in [0.05, 0.1) is 6.04 Å². The van der Waals surface area contributed by atoms with Crippen molar-refractivity contribution in [2.75, 3.05) is 0 Å². The van der Waals surface area contributed by atoms with E-state index in [1.807, 2.05) is 71.9 Å². The van der Waals surface area contributed by atoms with Crippen molar-refractivity contribution in [2.24, 2.45) is 5.41 Å². The van der Waals surface area contributed by atoms with Crippen LogP contribution in [0.25, 0.3) is 0 Å². The molecule has 0 aliphatic heterocycles. The number of hydrogen-bond acceptors (Lipinski definition) is 2. The van der Waals surface area contributed by atoms with Gasteiger partial charge in [-0.15, -0.1) is 0 Å². The van der Waals surface area contributed by atoms with Gasteiger partial charge < -0.3 is 5.32 Å². The van der Waals surface area contributed by atoms with Crippen molar-refractivity contribution in [1.29, 1.82) is 0 Å². The average Bonchev–Trinajstić information content (AvgIpc) is 2.53. The summed E-state index contributed by atoms with van der Waals surface area (Å²) in [5, 5.41) is 2.97. The average molecular weight is 337 g/mol. The Kier molecular flexibility index (Phi) is 5.46. The Balaban J connectivity index is 2.34. The molecule has 3 nitrogen and oxygen atoms in total. The largest absolute Gasteiger partial charge is 0.341 e. The van der Waals surface area contributed by atoms with E-state index >= 15 is 0 Å². The van der Waals surface area contributed by atoms with Crippen LogP contribution in [0.1, 0.15) is 58.2 Å². The van der Waals surface area contributed by atoms with Gasteiger partial charge in [-0.3, -0.25) is 9.59 Å². The molecule has 0 radical (unpaired) electrons. The number of benzene rings is 2. The maximum atomic E-state index is 13.0. The molecule has 0 aliphatic rings. The molecule has 0 heterocycles. The summed E-state index contributed by atoms with van der Waals surface area (Å²) in [5.41, 5.74) is 3.88. The number of carbonyl (C=O) groups is 2. The first-order valence-corrected chi connectivity index (χ1v) is 8.59. The topological polar surface area (TPSA) is 46.2 Å². The number of aryl methyl sites for hydroxylation is 2. The number of rotatable bonds is 4. The highest BCUT2D eigenvalue weighted by atomic mass is 16.2. The molecule has 1 N–H and O–H groups in total. The van der Waals surface area contributed by atoms with Gasteiger partial charge in [-0.25, -0.2) is 0 Å². The quantitative estimate of drug-likeness (QED) is 0.826. The summed E-state index contributed by atoms with van der Waals surface area (Å²) in [7, 11) is 0. The van der Waals surface area contributed by atoms with Crippen LogP contribution in [-0.2, 0) is 0 Å². The van der Waals surface area contributed by atoms with Crippen molar-refractivity contribution >= 4 is 11.7 Å². The van der Waals surface area contributed by atoms with Crippen LogP contribution in [-0.4, -0.2) is 17.7 Å². The second kappa shape index (κ2) is 7.22. The SMILES string of the molecule is Cc1cccc(C(=O)C(NC(=O)c2cccc(C)c2C)C(C)(C)C)c1. The maximum absolute atomic E-state index is 13.0. The molecule has 1 atom stereocenters. The lowest BCUT2D eigenvalue weighted by Gasteiger charge is -2.30. The van der Waals surface area contributed by atoms with E-state index in [9.17, 15) is 9.59 Å². The fourth-order valence-corrected chi connectivity index (χ4v) is 2.85. The lowest BCUT2D eigenvalue weighted by atomic mass is 9.81. The number of Topliss-reactive ketones (excluding diaryl/α,β-unsaturated/α-hetero) is 1. The first-order valence-electron chi connectivity index (χ1n) is 8.59. The predicted molar refractivity (Wildman–Crippen MR) is 102 cm³/mol. The fourth-order valence-electron chi connectivity index (χ4n) is 2.85. The summed E-state index contributed by atoms with van der Waals surface area (Å²) in [6, 6.07) is 12.5. The zero-order valence-corrected chi connectivity index (χ0v) is 15.9. The maximum Gasteiger partial charge on any atom is 0.252 e. The van der Waals surface area contributed by atoms with E-state index < -0.39 is 11.5 Å². The van der Waals surface area contributed by atoms with Crippen LogP contribution in [0.5, 0.6) is 0 Å². The van der Waals surface area contributed by atoms with Crippen molar-refractivity contribution in [2.45, 2.75) is 47.6 Å². The molecule has 3 heteroatoms. The van der Waals surface area contributed by atoms with Gasteiger partial charge in [0.1, 0.15) is 0 Å². The van der Waals surface area contributed by atoms with Gasteiger partial charge in [0, 0.05) is 11.1 Å². The number of amides is 1. The molecule has 1 unspecified atom stereocenters. The fraction of sp³-hybridized carbons (Fsp3) is 0.364. The molecule has 2 rings (SSSR count). The smallest absolute Gasteiger partial charge is 0.252 e. The summed E-state index contributed by atoms with van der Waals surface area (Å²) >= 11 is 0. The second-order valence-electron chi connectivity index (χ2n) is 7.75. The molecule has 2 aromatic rings. The summed E-state index contributed by atoms with van der Waals surface area (Å²) in [6.07, 6.45) is 0. The monoisotopic (exact) mass is 337 g/mol. The van der Waals surface area contributed by atoms with Crippen LogP contribution in [0.4, 0.5) is 0 Å². The van der Waals surface area contributed by atoms with Crippen LogP contribution in [0.2, 0.25) is 0 Å². The number of carbonyl (C=O) groups excluding carboxylic acids is 2. The lowest BCUT2D eigenvalue weighted by molar-refractivity contribution is 0.0781. The Morgan fingerprint density at radius 1 is 0.960 bits per heavy atom. The minimum atomic E-state index is -0.596. The molecule has 25 heavy (non-hydrogen) atoms. The number of hydrogen-bond donors (Lipinski definition) is 1. The van der Waals surface area contributed by atoms with E-state index in [1.54, 1.807) is 12.1 Å². The van der Waals surface area contributed by atoms with Crippen LogP contribution in [0.15, 0.2) is 42.5 Å². The highest BCUT2D eigenvalue weighted by Gasteiger charge is 2.33. The third-order valence-electron chi connectivity index (χ3n) is 4.56. The van der Waals surface area contributed by atoms with Gasteiger partial charge in [-0.1, -0.05) is 56.7 Å². The summed E-state index contributed by atoms with van der Waals surface area (Å²) in [4.78, 5) is 25.9. The van der Waals surface area contributed by atoms with Gasteiger partial charge in [0.25, 0.3) is 5.91 Å². The molecule has 1 amide bonds. The van der Waals surface area contributed by atoms with Gasteiger partial charge >= 0.3 is 0 Å². The molecule has 0 fully saturated rings. The molecular formula is C22H27NO2. The minimum absolute atomic E-state index is 0.0603. The lowest BCUT2D eigenvalue weighted by Crippen LogP contribution is -2.49. The molecule has 0 aliphatic carbocycles. The highest BCUT2D eigenvalue weighted by molar-refractivity contribution is 6.05. The molecule has 0 aromatic heterocycles. The van der Waals surface area contributed by atoms with E-state index in [1.165, 1.54) is 0 Å². The predicted octanol–water partition coefficient (Wildman–Crippen LogP) is 4.64. The summed E-state index contributed by atoms with van der Waals surface area (Å²) in [5.74, 6) is -0.267. The van der Waals surface area contributed by atoms with Crippen LogP contribution >= 0.6 is 0 Å². The Bertz CT molecular complexity index is 800. The normalized spacial score (nSPS) is 12.6. The van der Waals surface area contributed by atoms with E-state index in [0.717, 1.165) is 16.7 Å². The summed E-state index contributed by atoms with van der Waals surface area (Å²) < 4.78 is 0. The Labute approximate surface area is 150 Å². The van der Waals surface area contributed by atoms with E-state index in [0.29, 0.717) is 11.1 Å². The molecule has 0 bridgehead atoms. The highest BCUT2D eigenvalue weighted by Crippen LogP contribution is 2.24. The number of nitrogens with one attached hydrogen (secondary N) is 1. The van der Waals surface area contributed by atoms with E-state index in [-0.39, 0.29) is 11.7 Å². The van der Waals surface area contributed by atoms with Crippen LogP contribution in [0, 0.1) is 26.2 Å². The first kappa shape index (κ1) is 18.9. The Hall–Kier alpha value is -2.42. The Morgan fingerprint density at radius 3 is 2.20 bits per heavy atom. The molecule has 0 saturated heterocycles. The van der Waals surface area contributed by atoms with E-state index in [2.05, 4.69) is 5.32 Å². The standard InChI is InChI=1S/C22H27NO2/c1-14-9-7-11-17(13-14)19(24)20(22(4,5)6)23-21(25)18-12-8-10-15(2)16(18)3/h7-13,20H,1-6H3,(H,23,25). The van der Waals surface area contributed by atoms with Crippen molar-refractivity contribution in [3.63, 3.8) is 0 Å². The Morgan fingerprint density at radius 2 is 1.60 bits per heavy atom. The second-order valence-corrected chi connectivity index (χ2v) is 7.75. The summed E-state index contributed by atoms with van der Waals surface area (Å²) in [6.45, 7) is 11.8. The van der Waals surface area contributed by atoms with Gasteiger partial charge in [0.15, 0.2) is 5.78 Å². The zero-order chi connectivity index (χ0) is 18.8. The van der Waals surface area contributed by atoms with Crippen LogP contribution in [0.3, 0.4) is 0 Å². The minimum Gasteiger partial charge on any atom is -0.341 e. The van der Waals surface area contributed by atoms with Crippen molar-refractivity contribution < 1.29 is 9.59 Å². The molecule has 2 aromatic carbocycles. The van der Waals surface area contributed by atoms with E-state index in [4.69, 9.17) is 0 Å². The third kappa shape index (κ3) is 4.36. The van der Waals surface area contributed by atoms with Crippen LogP contribution < -0.4 is 5.32 Å². The van der Waals surface area contributed by atoms with Gasteiger partial charge in [-0.2, -0.15) is 0 Å². The van der Waals surface area contributed by atoms with Gasteiger partial charge in [0.2, 0.25) is 0 Å². The molecule has 132 valence electrons. The van der Waals surface area contributed by atoms with Crippen molar-refractivity contribution in [3.8, 4) is 0 Å². The van der Waals surface area contributed by atoms with Crippen molar-refractivity contribution in [1.82, 2.24) is 5.32 Å². The van der Waals surface area contributed by atoms with Crippen molar-refractivity contribution in [3.05, 3.63) is 70.3 Å². The third-order valence-corrected chi connectivity index (χ3v) is 4.56. The first-order chi connectivity index (χ1) is 11.6.